The number of benzene rings is 3. The van der Waals surface area contributed by atoms with Crippen molar-refractivity contribution in [3.63, 3.8) is 0 Å². The summed E-state index contributed by atoms with van der Waals surface area (Å²) in [5, 5.41) is 46.1. The van der Waals surface area contributed by atoms with Crippen molar-refractivity contribution in [2.75, 3.05) is 39.8 Å². The average Bonchev–Trinajstić information content (AvgIpc) is 3.21. The number of likely N-dealkylation sites (N-methyl/N-ethyl adjacent to an activating group) is 1. The van der Waals surface area contributed by atoms with Gasteiger partial charge in [0.15, 0.2) is 0 Å². The van der Waals surface area contributed by atoms with Crippen molar-refractivity contribution in [2.45, 2.75) is 43.6 Å². The van der Waals surface area contributed by atoms with Gasteiger partial charge in [0.1, 0.15) is 23.4 Å². The lowest BCUT2D eigenvalue weighted by molar-refractivity contribution is -0.170. The van der Waals surface area contributed by atoms with E-state index in [4.69, 9.17) is 19.4 Å². The van der Waals surface area contributed by atoms with E-state index in [0.717, 1.165) is 19.4 Å². The molecule has 1 amide bonds. The third kappa shape index (κ3) is 11.0. The molecule has 16 heteroatoms. The summed E-state index contributed by atoms with van der Waals surface area (Å²) in [6.45, 7) is 2.24. The minimum absolute atomic E-state index is 0.0863. The largest absolute Gasteiger partial charge is 0.506 e. The van der Waals surface area contributed by atoms with Gasteiger partial charge in [-0.25, -0.2) is 14.8 Å². The number of phenols is 1. The number of pyridine rings is 1. The van der Waals surface area contributed by atoms with Crippen LogP contribution in [0.5, 0.6) is 11.5 Å². The number of fused-ring (bicyclic) bond motifs is 1. The first kappa shape index (κ1) is 42.0. The molecule has 1 aliphatic rings. The Morgan fingerprint density at radius 1 is 1.05 bits per heavy atom. The van der Waals surface area contributed by atoms with E-state index >= 15 is 0 Å². The van der Waals surface area contributed by atoms with E-state index in [0.29, 0.717) is 53.2 Å². The van der Waals surface area contributed by atoms with Crippen molar-refractivity contribution >= 4 is 29.3 Å². The molecule has 1 aliphatic heterocycles. The van der Waals surface area contributed by atoms with Crippen LogP contribution in [-0.2, 0) is 26.5 Å². The number of nitrogens with one attached hydrogen (secondary N) is 3. The van der Waals surface area contributed by atoms with Crippen LogP contribution in [0.4, 0.5) is 0 Å². The molecule has 0 radical (unpaired) electrons. The molecule has 0 saturated carbocycles. The SMILES string of the molecule is CN1CCC[C@@H](OC(=O)[C@](O)(c2ccccc2)c2cccc(OCCCNC(=O)c3cnc(CNC[C@H](O)c4ccc(O)c5[nH]c(=O)ccc45)nc3)c2)C1.O=CO. The fraction of sp³-hybridized carbons (Fsp3) is 0.317. The first-order valence-corrected chi connectivity index (χ1v) is 18.3. The lowest BCUT2D eigenvalue weighted by Crippen LogP contribution is -2.44. The maximum atomic E-state index is 13.6. The summed E-state index contributed by atoms with van der Waals surface area (Å²) in [6.07, 6.45) is 3.71. The molecule has 0 bridgehead atoms. The van der Waals surface area contributed by atoms with Crippen LogP contribution in [0.25, 0.3) is 10.9 Å². The Kier molecular flexibility index (Phi) is 14.8. The van der Waals surface area contributed by atoms with E-state index in [1.54, 1.807) is 60.7 Å². The highest BCUT2D eigenvalue weighted by Gasteiger charge is 2.43. The van der Waals surface area contributed by atoms with Crippen LogP contribution in [-0.4, -0.2) is 105 Å². The number of H-pyrrole nitrogens is 1. The first-order chi connectivity index (χ1) is 27.5. The highest BCUT2D eigenvalue weighted by atomic mass is 16.6. The van der Waals surface area contributed by atoms with E-state index in [1.807, 2.05) is 13.1 Å². The summed E-state index contributed by atoms with van der Waals surface area (Å²) < 4.78 is 11.8. The van der Waals surface area contributed by atoms with Crippen molar-refractivity contribution < 1.29 is 44.3 Å². The Morgan fingerprint density at radius 2 is 1.79 bits per heavy atom. The summed E-state index contributed by atoms with van der Waals surface area (Å²) >= 11 is 0. The van der Waals surface area contributed by atoms with Gasteiger partial charge in [-0.05, 0) is 68.2 Å². The topological polar surface area (TPSA) is 237 Å². The van der Waals surface area contributed by atoms with Crippen molar-refractivity contribution in [1.29, 1.82) is 0 Å². The predicted octanol–water partition coefficient (Wildman–Crippen LogP) is 2.62. The molecule has 2 aromatic heterocycles. The second-order valence-electron chi connectivity index (χ2n) is 13.4. The molecular weight excluding hydrogens is 736 g/mol. The molecule has 0 unspecified atom stereocenters. The lowest BCUT2D eigenvalue weighted by Gasteiger charge is -2.33. The number of rotatable bonds is 15. The molecule has 0 aliphatic carbocycles. The fourth-order valence-electron chi connectivity index (χ4n) is 6.45. The molecule has 57 heavy (non-hydrogen) atoms. The van der Waals surface area contributed by atoms with Gasteiger partial charge in [0.2, 0.25) is 11.2 Å². The van der Waals surface area contributed by atoms with Crippen molar-refractivity contribution in [2.24, 2.45) is 0 Å². The van der Waals surface area contributed by atoms with E-state index in [9.17, 15) is 29.7 Å². The molecule has 0 spiro atoms. The minimum atomic E-state index is -2.04. The number of amides is 1. The standard InChI is InChI=1S/C40H44N6O8.CH2O2/c1-46-18-6-12-30(25-46)54-39(51)40(52,27-8-3-2-4-9-27)28-10-5-11-29(20-28)53-19-7-17-42-38(50)26-21-43-35(44-22-26)24-41-23-34(48)31-13-15-33(47)37-32(31)14-16-36(49)45-37;2-1-3/h2-5,8-11,13-16,20-22,30,34,41,47-48,52H,6-7,12,17-19,23-25H2,1H3,(H,42,50)(H,45,49);1H,(H,2,3)/t30-,34+,40+;/m1./s1. The van der Waals surface area contributed by atoms with Gasteiger partial charge >= 0.3 is 5.97 Å². The number of phenolic OH excluding ortho intramolecular Hbond substituents is 1. The summed E-state index contributed by atoms with van der Waals surface area (Å²) in [6, 6.07) is 21.4. The normalized spacial score (nSPS) is 15.7. The number of esters is 1. The number of ether oxygens (including phenoxy) is 2. The molecular formula is C41H46N6O10. The number of aromatic nitrogens is 3. The van der Waals surface area contributed by atoms with Gasteiger partial charge in [-0.15, -0.1) is 0 Å². The summed E-state index contributed by atoms with van der Waals surface area (Å²) in [7, 11) is 1.98. The number of hydrogen-bond acceptors (Lipinski definition) is 13. The van der Waals surface area contributed by atoms with Crippen LogP contribution in [0.3, 0.4) is 0 Å². The van der Waals surface area contributed by atoms with Crippen molar-refractivity contribution in [3.05, 3.63) is 130 Å². The van der Waals surface area contributed by atoms with Crippen LogP contribution in [0.15, 0.2) is 96.1 Å². The molecule has 6 rings (SSSR count). The predicted molar refractivity (Wildman–Crippen MR) is 209 cm³/mol. The third-order valence-corrected chi connectivity index (χ3v) is 9.32. The van der Waals surface area contributed by atoms with Crippen LogP contribution in [0, 0.1) is 0 Å². The van der Waals surface area contributed by atoms with E-state index in [1.165, 1.54) is 24.5 Å². The van der Waals surface area contributed by atoms with E-state index < -0.39 is 17.7 Å². The number of likely N-dealkylation sites (tertiary alicyclic amines) is 1. The van der Waals surface area contributed by atoms with Gasteiger partial charge < -0.3 is 50.4 Å². The van der Waals surface area contributed by atoms with Gasteiger partial charge in [0, 0.05) is 49.0 Å². The number of aliphatic hydroxyl groups is 2. The molecule has 3 atom stereocenters. The molecule has 3 aromatic carbocycles. The van der Waals surface area contributed by atoms with Crippen LogP contribution in [0.1, 0.15) is 58.2 Å². The number of carboxylic acid groups (broad SMARTS) is 1. The van der Waals surface area contributed by atoms with Gasteiger partial charge in [0.05, 0.1) is 30.3 Å². The number of carbonyl (C=O) groups excluding carboxylic acids is 2. The molecule has 3 heterocycles. The molecule has 300 valence electrons. The smallest absolute Gasteiger partial charge is 0.348 e. The summed E-state index contributed by atoms with van der Waals surface area (Å²) in [4.78, 5) is 59.6. The molecule has 7 N–H and O–H groups in total. The lowest BCUT2D eigenvalue weighted by atomic mass is 9.86. The monoisotopic (exact) mass is 782 g/mol. The molecule has 1 fully saturated rings. The zero-order valence-corrected chi connectivity index (χ0v) is 31.3. The summed E-state index contributed by atoms with van der Waals surface area (Å²) in [5.41, 5.74) is -0.601. The maximum Gasteiger partial charge on any atom is 0.348 e. The average molecular weight is 783 g/mol. The highest BCUT2D eigenvalue weighted by Crippen LogP contribution is 2.34. The van der Waals surface area contributed by atoms with Crippen molar-refractivity contribution in [3.8, 4) is 11.5 Å². The zero-order chi connectivity index (χ0) is 40.8. The quantitative estimate of drug-likeness (QED) is 0.0460. The third-order valence-electron chi connectivity index (χ3n) is 9.32. The van der Waals surface area contributed by atoms with Crippen LogP contribution in [0.2, 0.25) is 0 Å². The van der Waals surface area contributed by atoms with E-state index in [2.05, 4.69) is 30.5 Å². The fourth-order valence-corrected chi connectivity index (χ4v) is 6.45. The van der Waals surface area contributed by atoms with Gasteiger partial charge in [-0.3, -0.25) is 14.4 Å². The Balaban J connectivity index is 0.00000200. The van der Waals surface area contributed by atoms with Gasteiger partial charge in [-0.1, -0.05) is 48.5 Å². The summed E-state index contributed by atoms with van der Waals surface area (Å²) in [5.74, 6) is -0.295. The Hall–Kier alpha value is -6.20. The van der Waals surface area contributed by atoms with E-state index in [-0.39, 0.29) is 60.6 Å². The second-order valence-corrected chi connectivity index (χ2v) is 13.4. The highest BCUT2D eigenvalue weighted by molar-refractivity contribution is 5.93. The van der Waals surface area contributed by atoms with Gasteiger partial charge in [-0.2, -0.15) is 0 Å². The van der Waals surface area contributed by atoms with Gasteiger partial charge in [0.25, 0.3) is 12.4 Å². The minimum Gasteiger partial charge on any atom is -0.506 e. The second kappa shape index (κ2) is 20.1. The molecule has 5 aromatic rings. The maximum absolute atomic E-state index is 13.6. The number of aromatic hydroxyl groups is 1. The van der Waals surface area contributed by atoms with Crippen molar-refractivity contribution in [1.82, 2.24) is 30.5 Å². The number of hydrogen-bond donors (Lipinski definition) is 7. The number of aliphatic hydroxyl groups excluding tert-OH is 1. The molecule has 16 nitrogen and oxygen atoms in total. The Morgan fingerprint density at radius 3 is 2.53 bits per heavy atom. The van der Waals surface area contributed by atoms with Crippen LogP contribution >= 0.6 is 0 Å². The molecule has 1 saturated heterocycles. The first-order valence-electron chi connectivity index (χ1n) is 18.3. The number of aromatic amines is 1. The zero-order valence-electron chi connectivity index (χ0n) is 31.3. The Bertz CT molecular complexity index is 2170. The van der Waals surface area contributed by atoms with Crippen LogP contribution < -0.4 is 20.9 Å². The Labute approximate surface area is 328 Å². The number of carbonyl (C=O) groups is 3. The number of nitrogens with zero attached hydrogens (tertiary/aromatic N) is 3. The number of piperidine rings is 1.